The van der Waals surface area contributed by atoms with Crippen molar-refractivity contribution in [1.29, 1.82) is 0 Å². The number of carbonyl (C=O) groups excluding carboxylic acids is 1. The van der Waals surface area contributed by atoms with Gasteiger partial charge in [0.15, 0.2) is 0 Å². The van der Waals surface area contributed by atoms with E-state index in [-0.39, 0.29) is 12.0 Å². The van der Waals surface area contributed by atoms with Gasteiger partial charge in [-0.05, 0) is 30.5 Å². The molecule has 3 nitrogen and oxygen atoms in total. The summed E-state index contributed by atoms with van der Waals surface area (Å²) in [4.78, 5) is 13.8. The molecular weight excluding hydrogens is 250 g/mol. The Morgan fingerprint density at radius 2 is 2.17 bits per heavy atom. The summed E-state index contributed by atoms with van der Waals surface area (Å²) in [5, 5.41) is 0.693. The first kappa shape index (κ1) is 13.4. The third-order valence-corrected chi connectivity index (χ3v) is 3.45. The Hall–Kier alpha value is -1.06. The number of halogens is 1. The highest BCUT2D eigenvalue weighted by Crippen LogP contribution is 2.14. The normalized spacial score (nSPS) is 18.9. The Morgan fingerprint density at radius 3 is 2.78 bits per heavy atom. The zero-order valence-electron chi connectivity index (χ0n) is 10.6. The molecule has 1 aromatic rings. The highest BCUT2D eigenvalue weighted by atomic mass is 35.5. The minimum atomic E-state index is 0.118. The maximum atomic E-state index is 12.0. The lowest BCUT2D eigenvalue weighted by molar-refractivity contribution is -0.130. The van der Waals surface area contributed by atoms with Gasteiger partial charge in [0.2, 0.25) is 5.91 Å². The molecular formula is C14H18ClNO2. The lowest BCUT2D eigenvalue weighted by Gasteiger charge is -2.20. The van der Waals surface area contributed by atoms with Crippen LogP contribution in [0.5, 0.6) is 0 Å². The molecule has 1 aliphatic heterocycles. The number of benzene rings is 1. The van der Waals surface area contributed by atoms with Crippen LogP contribution in [-0.2, 0) is 16.0 Å². The number of nitrogens with zero attached hydrogens (tertiary/aromatic N) is 1. The van der Waals surface area contributed by atoms with E-state index in [4.69, 9.17) is 16.3 Å². The van der Waals surface area contributed by atoms with Crippen molar-refractivity contribution in [3.63, 3.8) is 0 Å². The van der Waals surface area contributed by atoms with Crippen molar-refractivity contribution in [3.05, 3.63) is 34.9 Å². The fraction of sp³-hybridized carbons (Fsp3) is 0.500. The Labute approximate surface area is 113 Å². The Balaban J connectivity index is 1.84. The highest BCUT2D eigenvalue weighted by Gasteiger charge is 2.19. The lowest BCUT2D eigenvalue weighted by Crippen LogP contribution is -2.35. The number of hydrogen-bond acceptors (Lipinski definition) is 2. The van der Waals surface area contributed by atoms with E-state index in [1.165, 1.54) is 0 Å². The lowest BCUT2D eigenvalue weighted by atomic mass is 10.1. The molecule has 1 atom stereocenters. The molecule has 0 saturated carbocycles. The number of amides is 1. The number of likely N-dealkylation sites (N-methyl/N-ethyl adjacent to an activating group) is 1. The van der Waals surface area contributed by atoms with Crippen molar-refractivity contribution in [2.75, 3.05) is 20.2 Å². The molecule has 0 aromatic heterocycles. The molecule has 0 spiro atoms. The molecule has 1 unspecified atom stereocenters. The van der Waals surface area contributed by atoms with Gasteiger partial charge in [0.25, 0.3) is 0 Å². The van der Waals surface area contributed by atoms with Gasteiger partial charge >= 0.3 is 0 Å². The van der Waals surface area contributed by atoms with Crippen LogP contribution in [-0.4, -0.2) is 37.1 Å². The van der Waals surface area contributed by atoms with Crippen LogP contribution in [0.3, 0.4) is 0 Å². The van der Waals surface area contributed by atoms with Gasteiger partial charge in [0.1, 0.15) is 0 Å². The van der Waals surface area contributed by atoms with Gasteiger partial charge in [-0.3, -0.25) is 4.79 Å². The predicted octanol–water partition coefficient (Wildman–Crippen LogP) is 2.52. The van der Waals surface area contributed by atoms with Crippen molar-refractivity contribution in [2.45, 2.75) is 25.4 Å². The van der Waals surface area contributed by atoms with Crippen LogP contribution in [0.15, 0.2) is 24.3 Å². The molecule has 18 heavy (non-hydrogen) atoms. The van der Waals surface area contributed by atoms with Crippen molar-refractivity contribution in [1.82, 2.24) is 4.90 Å². The first-order valence-corrected chi connectivity index (χ1v) is 6.63. The average Bonchev–Trinajstić information content (AvgIpc) is 2.85. The molecule has 2 rings (SSSR count). The second-order valence-electron chi connectivity index (χ2n) is 4.71. The average molecular weight is 268 g/mol. The zero-order chi connectivity index (χ0) is 13.0. The maximum absolute atomic E-state index is 12.0. The van der Waals surface area contributed by atoms with Gasteiger partial charge in [-0.1, -0.05) is 23.7 Å². The largest absolute Gasteiger partial charge is 0.376 e. The van der Waals surface area contributed by atoms with Crippen molar-refractivity contribution in [3.8, 4) is 0 Å². The summed E-state index contributed by atoms with van der Waals surface area (Å²) < 4.78 is 5.53. The standard InChI is InChI=1S/C14H18ClNO2/c1-16(10-13-3-2-8-18-13)14(17)9-11-4-6-12(15)7-5-11/h4-7,13H,2-3,8-10H2,1H3. The fourth-order valence-corrected chi connectivity index (χ4v) is 2.23. The molecule has 1 aromatic carbocycles. The highest BCUT2D eigenvalue weighted by molar-refractivity contribution is 6.30. The van der Waals surface area contributed by atoms with Crippen LogP contribution >= 0.6 is 11.6 Å². The molecule has 1 fully saturated rings. The van der Waals surface area contributed by atoms with Gasteiger partial charge in [-0.15, -0.1) is 0 Å². The number of hydrogen-bond donors (Lipinski definition) is 0. The molecule has 1 amide bonds. The van der Waals surface area contributed by atoms with Crippen molar-refractivity contribution in [2.24, 2.45) is 0 Å². The van der Waals surface area contributed by atoms with Gasteiger partial charge in [-0.25, -0.2) is 0 Å². The second-order valence-corrected chi connectivity index (χ2v) is 5.15. The molecule has 0 N–H and O–H groups in total. The third-order valence-electron chi connectivity index (χ3n) is 3.20. The van der Waals surface area contributed by atoms with E-state index >= 15 is 0 Å². The van der Waals surface area contributed by atoms with E-state index in [1.807, 2.05) is 31.3 Å². The minimum Gasteiger partial charge on any atom is -0.376 e. The molecule has 98 valence electrons. The van der Waals surface area contributed by atoms with Crippen LogP contribution in [0, 0.1) is 0 Å². The van der Waals surface area contributed by atoms with Gasteiger partial charge in [0, 0.05) is 25.2 Å². The quantitative estimate of drug-likeness (QED) is 0.839. The van der Waals surface area contributed by atoms with E-state index in [0.29, 0.717) is 18.0 Å². The smallest absolute Gasteiger partial charge is 0.226 e. The first-order chi connectivity index (χ1) is 8.65. The van der Waals surface area contributed by atoms with Crippen molar-refractivity contribution >= 4 is 17.5 Å². The van der Waals surface area contributed by atoms with E-state index in [2.05, 4.69) is 0 Å². The summed E-state index contributed by atoms with van der Waals surface area (Å²) >= 11 is 5.81. The molecule has 1 aliphatic rings. The second kappa shape index (κ2) is 6.21. The molecule has 1 heterocycles. The van der Waals surface area contributed by atoms with E-state index in [1.54, 1.807) is 4.90 Å². The molecule has 0 bridgehead atoms. The molecule has 4 heteroatoms. The zero-order valence-corrected chi connectivity index (χ0v) is 11.3. The van der Waals surface area contributed by atoms with Gasteiger partial charge in [0.05, 0.1) is 12.5 Å². The van der Waals surface area contributed by atoms with E-state index in [0.717, 1.165) is 25.0 Å². The maximum Gasteiger partial charge on any atom is 0.226 e. The van der Waals surface area contributed by atoms with E-state index in [9.17, 15) is 4.79 Å². The van der Waals surface area contributed by atoms with Crippen LogP contribution in [0.4, 0.5) is 0 Å². The Morgan fingerprint density at radius 1 is 1.44 bits per heavy atom. The summed E-state index contributed by atoms with van der Waals surface area (Å²) in [6.45, 7) is 1.51. The number of carbonyl (C=O) groups is 1. The number of ether oxygens (including phenoxy) is 1. The summed E-state index contributed by atoms with van der Waals surface area (Å²) in [7, 11) is 1.83. The van der Waals surface area contributed by atoms with Crippen LogP contribution < -0.4 is 0 Å². The monoisotopic (exact) mass is 267 g/mol. The van der Waals surface area contributed by atoms with Crippen LogP contribution in [0.1, 0.15) is 18.4 Å². The molecule has 0 aliphatic carbocycles. The van der Waals surface area contributed by atoms with Gasteiger partial charge in [-0.2, -0.15) is 0 Å². The molecule has 1 saturated heterocycles. The Bertz CT molecular complexity index is 399. The summed E-state index contributed by atoms with van der Waals surface area (Å²) in [6, 6.07) is 7.40. The van der Waals surface area contributed by atoms with Gasteiger partial charge < -0.3 is 9.64 Å². The first-order valence-electron chi connectivity index (χ1n) is 6.25. The van der Waals surface area contributed by atoms with Crippen LogP contribution in [0.25, 0.3) is 0 Å². The van der Waals surface area contributed by atoms with Crippen molar-refractivity contribution < 1.29 is 9.53 Å². The SMILES string of the molecule is CN(CC1CCCO1)C(=O)Cc1ccc(Cl)cc1. The topological polar surface area (TPSA) is 29.5 Å². The Kier molecular flexibility index (Phi) is 4.61. The number of rotatable bonds is 4. The summed E-state index contributed by atoms with van der Waals surface area (Å²) in [5.74, 6) is 0.118. The van der Waals surface area contributed by atoms with Crippen LogP contribution in [0.2, 0.25) is 5.02 Å². The minimum absolute atomic E-state index is 0.118. The molecule has 0 radical (unpaired) electrons. The fourth-order valence-electron chi connectivity index (χ4n) is 2.11. The van der Waals surface area contributed by atoms with E-state index < -0.39 is 0 Å². The summed E-state index contributed by atoms with van der Waals surface area (Å²) in [6.07, 6.45) is 2.78. The third kappa shape index (κ3) is 3.72. The summed E-state index contributed by atoms with van der Waals surface area (Å²) in [5.41, 5.74) is 0.989. The predicted molar refractivity (Wildman–Crippen MR) is 71.8 cm³/mol.